The van der Waals surface area contributed by atoms with Crippen molar-refractivity contribution in [2.45, 2.75) is 25.7 Å². The minimum atomic E-state index is -3.76. The highest BCUT2D eigenvalue weighted by molar-refractivity contribution is 7.92. The van der Waals surface area contributed by atoms with Crippen LogP contribution in [-0.4, -0.2) is 39.4 Å². The summed E-state index contributed by atoms with van der Waals surface area (Å²) < 4.78 is 27.0. The van der Waals surface area contributed by atoms with Gasteiger partial charge in [0.1, 0.15) is 0 Å². The van der Waals surface area contributed by atoms with Crippen LogP contribution in [0.2, 0.25) is 5.02 Å². The minimum Gasteiger partial charge on any atom is -0.339 e. The van der Waals surface area contributed by atoms with E-state index in [1.807, 2.05) is 20.8 Å². The van der Waals surface area contributed by atoms with Gasteiger partial charge < -0.3 is 4.90 Å². The molecule has 140 valence electrons. The van der Waals surface area contributed by atoms with Gasteiger partial charge >= 0.3 is 0 Å². The Labute approximate surface area is 160 Å². The molecule has 2 aromatic carbocycles. The highest BCUT2D eigenvalue weighted by Gasteiger charge is 2.24. The lowest BCUT2D eigenvalue weighted by Crippen LogP contribution is -2.31. The number of anilines is 1. The maximum Gasteiger partial charge on any atom is 0.264 e. The molecule has 1 amide bonds. The third-order valence-corrected chi connectivity index (χ3v) is 6.36. The van der Waals surface area contributed by atoms with Crippen molar-refractivity contribution in [3.63, 3.8) is 0 Å². The molecule has 0 bridgehead atoms. The van der Waals surface area contributed by atoms with Gasteiger partial charge in [0.2, 0.25) is 0 Å². The van der Waals surface area contributed by atoms with Gasteiger partial charge in [-0.15, -0.1) is 0 Å². The monoisotopic (exact) mass is 394 g/mol. The standard InChI is InChI=1S/C19H23ClN2O3S/c1-5-22(6-2)19(23)15-8-7-14(3)18(13-15)21(4)26(24,25)17-11-9-16(20)10-12-17/h7-13H,5-6H2,1-4H3. The van der Waals surface area contributed by atoms with E-state index >= 15 is 0 Å². The highest BCUT2D eigenvalue weighted by atomic mass is 35.5. The van der Waals surface area contributed by atoms with Crippen molar-refractivity contribution in [3.8, 4) is 0 Å². The number of rotatable bonds is 6. The number of benzene rings is 2. The lowest BCUT2D eigenvalue weighted by molar-refractivity contribution is 0.0773. The normalized spacial score (nSPS) is 11.3. The Morgan fingerprint density at radius 1 is 1.04 bits per heavy atom. The van der Waals surface area contributed by atoms with Gasteiger partial charge in [0.25, 0.3) is 15.9 Å². The zero-order valence-electron chi connectivity index (χ0n) is 15.4. The van der Waals surface area contributed by atoms with E-state index in [9.17, 15) is 13.2 Å². The van der Waals surface area contributed by atoms with E-state index < -0.39 is 10.0 Å². The third-order valence-electron chi connectivity index (χ3n) is 4.32. The Morgan fingerprint density at radius 2 is 1.62 bits per heavy atom. The summed E-state index contributed by atoms with van der Waals surface area (Å²) in [7, 11) is -2.27. The zero-order chi connectivity index (χ0) is 19.5. The average molecular weight is 395 g/mol. The van der Waals surface area contributed by atoms with Crippen molar-refractivity contribution in [2.75, 3.05) is 24.4 Å². The van der Waals surface area contributed by atoms with Crippen LogP contribution < -0.4 is 4.31 Å². The topological polar surface area (TPSA) is 57.7 Å². The summed E-state index contributed by atoms with van der Waals surface area (Å²) in [5.74, 6) is -0.117. The molecular formula is C19H23ClN2O3S. The van der Waals surface area contributed by atoms with E-state index in [-0.39, 0.29) is 10.8 Å². The van der Waals surface area contributed by atoms with Crippen molar-refractivity contribution >= 4 is 33.2 Å². The van der Waals surface area contributed by atoms with Crippen LogP contribution in [0.25, 0.3) is 0 Å². The molecule has 0 spiro atoms. The first-order valence-corrected chi connectivity index (χ1v) is 10.2. The van der Waals surface area contributed by atoms with Gasteiger partial charge in [0, 0.05) is 30.7 Å². The van der Waals surface area contributed by atoms with E-state index in [1.54, 1.807) is 23.1 Å². The predicted octanol–water partition coefficient (Wildman–Crippen LogP) is 3.96. The molecule has 0 aromatic heterocycles. The lowest BCUT2D eigenvalue weighted by atomic mass is 10.1. The summed E-state index contributed by atoms with van der Waals surface area (Å²) in [6, 6.07) is 11.1. The molecule has 0 saturated heterocycles. The summed E-state index contributed by atoms with van der Waals surface area (Å²) in [5.41, 5.74) is 1.70. The Kier molecular flexibility index (Phi) is 6.31. The van der Waals surface area contributed by atoms with Crippen LogP contribution >= 0.6 is 11.6 Å². The molecule has 0 radical (unpaired) electrons. The predicted molar refractivity (Wildman–Crippen MR) is 105 cm³/mol. The molecule has 0 heterocycles. The highest BCUT2D eigenvalue weighted by Crippen LogP contribution is 2.27. The Bertz CT molecular complexity index is 892. The molecule has 0 N–H and O–H groups in total. The SMILES string of the molecule is CCN(CC)C(=O)c1ccc(C)c(N(C)S(=O)(=O)c2ccc(Cl)cc2)c1. The molecule has 0 unspecified atom stereocenters. The maximum atomic E-state index is 12.9. The second-order valence-electron chi connectivity index (χ2n) is 5.91. The van der Waals surface area contributed by atoms with Crippen LogP contribution in [0.15, 0.2) is 47.4 Å². The summed E-state index contributed by atoms with van der Waals surface area (Å²) in [5, 5.41) is 0.467. The van der Waals surface area contributed by atoms with Gasteiger partial charge in [0.05, 0.1) is 10.6 Å². The van der Waals surface area contributed by atoms with Crippen molar-refractivity contribution < 1.29 is 13.2 Å². The smallest absolute Gasteiger partial charge is 0.264 e. The van der Waals surface area contributed by atoms with E-state index in [4.69, 9.17) is 11.6 Å². The van der Waals surface area contributed by atoms with Gasteiger partial charge in [-0.05, 0) is 62.7 Å². The van der Waals surface area contributed by atoms with Gasteiger partial charge in [-0.2, -0.15) is 0 Å². The first-order chi connectivity index (χ1) is 12.2. The van der Waals surface area contributed by atoms with Crippen molar-refractivity contribution in [3.05, 3.63) is 58.6 Å². The molecular weight excluding hydrogens is 372 g/mol. The van der Waals surface area contributed by atoms with E-state index in [2.05, 4.69) is 0 Å². The van der Waals surface area contributed by atoms with Crippen LogP contribution in [0.4, 0.5) is 5.69 Å². The van der Waals surface area contributed by atoms with Gasteiger partial charge in [0.15, 0.2) is 0 Å². The van der Waals surface area contributed by atoms with Crippen LogP contribution in [0, 0.1) is 6.92 Å². The first kappa shape index (κ1) is 20.3. The van der Waals surface area contributed by atoms with Crippen molar-refractivity contribution in [2.24, 2.45) is 0 Å². The van der Waals surface area contributed by atoms with E-state index in [0.717, 1.165) is 5.56 Å². The molecule has 0 atom stereocenters. The first-order valence-electron chi connectivity index (χ1n) is 8.36. The van der Waals surface area contributed by atoms with Gasteiger partial charge in [-0.25, -0.2) is 8.42 Å². The molecule has 0 aliphatic rings. The average Bonchev–Trinajstić information content (AvgIpc) is 2.62. The fourth-order valence-electron chi connectivity index (χ4n) is 2.67. The number of hydrogen-bond donors (Lipinski definition) is 0. The Balaban J connectivity index is 2.45. The number of nitrogens with zero attached hydrogens (tertiary/aromatic N) is 2. The van der Waals surface area contributed by atoms with Crippen LogP contribution in [0.3, 0.4) is 0 Å². The summed E-state index contributed by atoms with van der Waals surface area (Å²) in [4.78, 5) is 14.4. The Hall–Kier alpha value is -2.05. The number of amides is 1. The zero-order valence-corrected chi connectivity index (χ0v) is 16.9. The number of halogens is 1. The summed E-state index contributed by atoms with van der Waals surface area (Å²) in [6.07, 6.45) is 0. The summed E-state index contributed by atoms with van der Waals surface area (Å²) >= 11 is 5.85. The number of aryl methyl sites for hydroxylation is 1. The van der Waals surface area contributed by atoms with Crippen LogP contribution in [0.1, 0.15) is 29.8 Å². The number of carbonyl (C=O) groups excluding carboxylic acids is 1. The molecule has 0 saturated carbocycles. The number of carbonyl (C=O) groups is 1. The van der Waals surface area contributed by atoms with Gasteiger partial charge in [-0.3, -0.25) is 9.10 Å². The van der Waals surface area contributed by atoms with Crippen LogP contribution in [0.5, 0.6) is 0 Å². The fraction of sp³-hybridized carbons (Fsp3) is 0.316. The van der Waals surface area contributed by atoms with Gasteiger partial charge in [-0.1, -0.05) is 17.7 Å². The summed E-state index contributed by atoms with van der Waals surface area (Å²) in [6.45, 7) is 6.82. The van der Waals surface area contributed by atoms with Crippen molar-refractivity contribution in [1.29, 1.82) is 0 Å². The third kappa shape index (κ3) is 4.02. The largest absolute Gasteiger partial charge is 0.339 e. The molecule has 0 fully saturated rings. The second kappa shape index (κ2) is 8.10. The molecule has 0 aliphatic heterocycles. The Morgan fingerprint density at radius 3 is 2.15 bits per heavy atom. The quantitative estimate of drug-likeness (QED) is 0.745. The molecule has 7 heteroatoms. The minimum absolute atomic E-state index is 0.117. The number of sulfonamides is 1. The molecule has 2 aromatic rings. The number of hydrogen-bond acceptors (Lipinski definition) is 3. The molecule has 0 aliphatic carbocycles. The lowest BCUT2D eigenvalue weighted by Gasteiger charge is -2.23. The fourth-order valence-corrected chi connectivity index (χ4v) is 4.05. The van der Waals surface area contributed by atoms with Crippen LogP contribution in [-0.2, 0) is 10.0 Å². The molecule has 2 rings (SSSR count). The van der Waals surface area contributed by atoms with E-state index in [1.165, 1.54) is 35.6 Å². The van der Waals surface area contributed by atoms with Crippen molar-refractivity contribution in [1.82, 2.24) is 4.90 Å². The maximum absolute atomic E-state index is 12.9. The molecule has 5 nitrogen and oxygen atoms in total. The molecule has 26 heavy (non-hydrogen) atoms. The second-order valence-corrected chi connectivity index (χ2v) is 8.31. The van der Waals surface area contributed by atoms with E-state index in [0.29, 0.717) is 29.4 Å².